The number of nitrogens with zero attached hydrogens (tertiary/aromatic N) is 1. The number of nitrogens with one attached hydrogen (secondary N) is 1. The Kier molecular flexibility index (Phi) is 6.28. The van der Waals surface area contributed by atoms with Crippen molar-refractivity contribution in [2.24, 2.45) is 5.92 Å². The van der Waals surface area contributed by atoms with Crippen LogP contribution in [0.25, 0.3) is 0 Å². The summed E-state index contributed by atoms with van der Waals surface area (Å²) in [6.07, 6.45) is 9.28. The molecule has 0 unspecified atom stereocenters. The molecule has 6 nitrogen and oxygen atoms in total. The van der Waals surface area contributed by atoms with Crippen molar-refractivity contribution in [3.05, 3.63) is 34.9 Å². The molecule has 0 radical (unpaired) electrons. The van der Waals surface area contributed by atoms with Crippen molar-refractivity contribution in [1.29, 1.82) is 0 Å². The molecule has 29 heavy (non-hydrogen) atoms. The fourth-order valence-corrected chi connectivity index (χ4v) is 4.80. The van der Waals surface area contributed by atoms with Gasteiger partial charge in [0.1, 0.15) is 0 Å². The summed E-state index contributed by atoms with van der Waals surface area (Å²) < 4.78 is 5.38. The van der Waals surface area contributed by atoms with Crippen LogP contribution in [0.2, 0.25) is 0 Å². The Morgan fingerprint density at radius 1 is 1.00 bits per heavy atom. The topological polar surface area (TPSA) is 75.7 Å². The smallest absolute Gasteiger partial charge is 0.261 e. The highest BCUT2D eigenvalue weighted by Crippen LogP contribution is 2.31. The molecule has 6 heteroatoms. The zero-order chi connectivity index (χ0) is 20.2. The third kappa shape index (κ3) is 4.37. The van der Waals surface area contributed by atoms with Gasteiger partial charge in [-0.2, -0.15) is 0 Å². The van der Waals surface area contributed by atoms with E-state index >= 15 is 0 Å². The van der Waals surface area contributed by atoms with Crippen molar-refractivity contribution in [3.63, 3.8) is 0 Å². The van der Waals surface area contributed by atoms with Gasteiger partial charge in [0.2, 0.25) is 0 Å². The van der Waals surface area contributed by atoms with Gasteiger partial charge in [-0.15, -0.1) is 0 Å². The fourth-order valence-electron chi connectivity index (χ4n) is 4.80. The number of amides is 3. The number of benzene rings is 1. The third-order valence-corrected chi connectivity index (χ3v) is 6.54. The van der Waals surface area contributed by atoms with Crippen LogP contribution in [-0.4, -0.2) is 48.4 Å². The number of imide groups is 1. The summed E-state index contributed by atoms with van der Waals surface area (Å²) >= 11 is 0. The predicted octanol–water partition coefficient (Wildman–Crippen LogP) is 3.55. The summed E-state index contributed by atoms with van der Waals surface area (Å²) in [5.74, 6) is 0.0533. The number of hydrogen-bond donors (Lipinski definition) is 1. The molecule has 0 bridgehead atoms. The number of carbonyl (C=O) groups excluding carboxylic acids is 3. The van der Waals surface area contributed by atoms with Crippen LogP contribution < -0.4 is 5.32 Å². The van der Waals surface area contributed by atoms with E-state index in [0.717, 1.165) is 64.6 Å². The molecular formula is C23H30N2O4. The highest BCUT2D eigenvalue weighted by atomic mass is 16.5. The molecule has 3 aliphatic rings. The van der Waals surface area contributed by atoms with Gasteiger partial charge < -0.3 is 10.1 Å². The highest BCUT2D eigenvalue weighted by Gasteiger charge is 2.40. The molecule has 4 rings (SSSR count). The van der Waals surface area contributed by atoms with E-state index in [9.17, 15) is 14.4 Å². The second-order valence-corrected chi connectivity index (χ2v) is 8.49. The summed E-state index contributed by atoms with van der Waals surface area (Å²) in [6, 6.07) is 4.88. The first-order chi connectivity index (χ1) is 14.1. The van der Waals surface area contributed by atoms with Crippen LogP contribution in [0.1, 0.15) is 88.9 Å². The molecule has 1 N–H and O–H groups in total. The molecule has 3 amide bonds. The first-order valence-electron chi connectivity index (χ1n) is 11.0. The minimum Gasteiger partial charge on any atom is -0.381 e. The maximum absolute atomic E-state index is 12.9. The maximum Gasteiger partial charge on any atom is 0.261 e. The van der Waals surface area contributed by atoms with Gasteiger partial charge in [-0.3, -0.25) is 19.3 Å². The van der Waals surface area contributed by atoms with E-state index in [-0.39, 0.29) is 23.8 Å². The summed E-state index contributed by atoms with van der Waals surface area (Å²) in [6.45, 7) is 2.31. The van der Waals surface area contributed by atoms with E-state index in [0.29, 0.717) is 29.2 Å². The summed E-state index contributed by atoms with van der Waals surface area (Å²) in [4.78, 5) is 39.6. The largest absolute Gasteiger partial charge is 0.381 e. The standard InChI is InChI=1S/C23H30N2O4/c26-21(24-12-4-5-16-10-13-29-14-11-16)17-8-9-19-20(15-17)23(28)25(22(19)27)18-6-2-1-3-7-18/h8-9,15-16,18H,1-7,10-14H2,(H,24,26). The maximum atomic E-state index is 12.9. The van der Waals surface area contributed by atoms with E-state index in [4.69, 9.17) is 4.74 Å². The summed E-state index contributed by atoms with van der Waals surface area (Å²) in [7, 11) is 0. The fraction of sp³-hybridized carbons (Fsp3) is 0.609. The molecule has 156 valence electrons. The van der Waals surface area contributed by atoms with Crippen LogP contribution in [0.3, 0.4) is 0 Å². The normalized spacial score (nSPS) is 20.8. The quantitative estimate of drug-likeness (QED) is 0.587. The zero-order valence-electron chi connectivity index (χ0n) is 17.0. The number of fused-ring (bicyclic) bond motifs is 1. The van der Waals surface area contributed by atoms with Crippen LogP contribution >= 0.6 is 0 Å². The van der Waals surface area contributed by atoms with Gasteiger partial charge in [-0.05, 0) is 62.6 Å². The van der Waals surface area contributed by atoms with Crippen molar-refractivity contribution in [1.82, 2.24) is 10.2 Å². The summed E-state index contributed by atoms with van der Waals surface area (Å²) in [5, 5.41) is 2.95. The number of rotatable bonds is 6. The lowest BCUT2D eigenvalue weighted by molar-refractivity contribution is 0.0548. The molecular weight excluding hydrogens is 368 g/mol. The van der Waals surface area contributed by atoms with Gasteiger partial charge in [-0.25, -0.2) is 0 Å². The second-order valence-electron chi connectivity index (χ2n) is 8.49. The van der Waals surface area contributed by atoms with Crippen molar-refractivity contribution in [3.8, 4) is 0 Å². The van der Waals surface area contributed by atoms with E-state index in [2.05, 4.69) is 5.32 Å². The van der Waals surface area contributed by atoms with E-state index in [1.54, 1.807) is 18.2 Å². The van der Waals surface area contributed by atoms with Crippen molar-refractivity contribution in [2.75, 3.05) is 19.8 Å². The van der Waals surface area contributed by atoms with E-state index in [1.807, 2.05) is 0 Å². The average Bonchev–Trinajstić information content (AvgIpc) is 3.02. The van der Waals surface area contributed by atoms with Crippen LogP contribution in [0.5, 0.6) is 0 Å². The van der Waals surface area contributed by atoms with Gasteiger partial charge in [0.05, 0.1) is 11.1 Å². The van der Waals surface area contributed by atoms with E-state index in [1.165, 1.54) is 11.3 Å². The van der Waals surface area contributed by atoms with Crippen LogP contribution in [0, 0.1) is 5.92 Å². The SMILES string of the molecule is O=C(NCCCC1CCOCC1)c1ccc2c(c1)C(=O)N(C1CCCCC1)C2=O. The Bertz CT molecular complexity index is 779. The first kappa shape index (κ1) is 20.1. The number of carbonyl (C=O) groups is 3. The minimum atomic E-state index is -0.244. The molecule has 0 spiro atoms. The van der Waals surface area contributed by atoms with Gasteiger partial charge in [0.25, 0.3) is 17.7 Å². The molecule has 0 aromatic heterocycles. The van der Waals surface area contributed by atoms with E-state index < -0.39 is 0 Å². The lowest BCUT2D eigenvalue weighted by atomic mass is 9.94. The monoisotopic (exact) mass is 398 g/mol. The molecule has 1 aromatic rings. The Hall–Kier alpha value is -2.21. The van der Waals surface area contributed by atoms with Crippen LogP contribution in [0.15, 0.2) is 18.2 Å². The van der Waals surface area contributed by atoms with Crippen LogP contribution in [0.4, 0.5) is 0 Å². The molecule has 2 fully saturated rings. The molecule has 0 atom stereocenters. The molecule has 1 aromatic carbocycles. The Morgan fingerprint density at radius 3 is 2.48 bits per heavy atom. The molecule has 2 aliphatic heterocycles. The molecule has 2 heterocycles. The summed E-state index contributed by atoms with van der Waals surface area (Å²) in [5.41, 5.74) is 1.24. The van der Waals surface area contributed by atoms with Crippen LogP contribution in [-0.2, 0) is 4.74 Å². The third-order valence-electron chi connectivity index (χ3n) is 6.54. The van der Waals surface area contributed by atoms with Gasteiger partial charge in [0.15, 0.2) is 0 Å². The Balaban J connectivity index is 1.34. The van der Waals surface area contributed by atoms with Gasteiger partial charge in [-0.1, -0.05) is 19.3 Å². The Labute approximate surface area is 172 Å². The highest BCUT2D eigenvalue weighted by molar-refractivity contribution is 6.22. The molecule has 1 aliphatic carbocycles. The second kappa shape index (κ2) is 9.08. The van der Waals surface area contributed by atoms with Gasteiger partial charge >= 0.3 is 0 Å². The number of hydrogen-bond acceptors (Lipinski definition) is 4. The minimum absolute atomic E-state index is 0.00128. The Morgan fingerprint density at radius 2 is 1.72 bits per heavy atom. The first-order valence-corrected chi connectivity index (χ1v) is 11.0. The predicted molar refractivity (Wildman–Crippen MR) is 109 cm³/mol. The van der Waals surface area contributed by atoms with Crippen molar-refractivity contribution >= 4 is 17.7 Å². The molecule has 1 saturated heterocycles. The average molecular weight is 399 g/mol. The zero-order valence-corrected chi connectivity index (χ0v) is 17.0. The molecule has 1 saturated carbocycles. The lowest BCUT2D eigenvalue weighted by Crippen LogP contribution is -2.40. The van der Waals surface area contributed by atoms with Crippen molar-refractivity contribution < 1.29 is 19.1 Å². The lowest BCUT2D eigenvalue weighted by Gasteiger charge is -2.29. The van der Waals surface area contributed by atoms with Gasteiger partial charge in [0, 0.05) is 31.4 Å². The number of ether oxygens (including phenoxy) is 1. The van der Waals surface area contributed by atoms with Crippen molar-refractivity contribution in [2.45, 2.75) is 63.8 Å².